The maximum Gasteiger partial charge on any atom is 0.235 e. The minimum atomic E-state index is -0.239. The van der Waals surface area contributed by atoms with E-state index in [1.54, 1.807) is 0 Å². The van der Waals surface area contributed by atoms with Gasteiger partial charge in [-0.3, -0.25) is 4.57 Å². The van der Waals surface area contributed by atoms with Gasteiger partial charge in [-0.15, -0.1) is 0 Å². The van der Waals surface area contributed by atoms with Crippen molar-refractivity contribution < 1.29 is 0 Å². The molecule has 55 heavy (non-hydrogen) atoms. The van der Waals surface area contributed by atoms with Gasteiger partial charge in [0.05, 0.1) is 38.8 Å². The van der Waals surface area contributed by atoms with Crippen LogP contribution < -0.4 is 0 Å². The van der Waals surface area contributed by atoms with Crippen LogP contribution in [0.4, 0.5) is 0 Å². The van der Waals surface area contributed by atoms with Crippen LogP contribution in [0.25, 0.3) is 110 Å². The molecule has 0 fully saturated rings. The van der Waals surface area contributed by atoms with Crippen LogP contribution in [-0.4, -0.2) is 18.9 Å². The highest BCUT2D eigenvalue weighted by atomic mass is 15.2. The van der Waals surface area contributed by atoms with Crippen LogP contribution in [0.5, 0.6) is 0 Å². The summed E-state index contributed by atoms with van der Waals surface area (Å²) in [5, 5.41) is 10.9. The largest absolute Gasteiger partial charge is 0.308 e. The van der Waals surface area contributed by atoms with Crippen molar-refractivity contribution >= 4 is 81.6 Å². The van der Waals surface area contributed by atoms with Gasteiger partial charge in [-0.25, -0.2) is 9.97 Å². The molecule has 0 amide bonds. The Morgan fingerprint density at radius 3 is 2.05 bits per heavy atom. The van der Waals surface area contributed by atoms with Gasteiger partial charge >= 0.3 is 0 Å². The van der Waals surface area contributed by atoms with Crippen LogP contribution in [0.3, 0.4) is 0 Å². The van der Waals surface area contributed by atoms with Crippen LogP contribution >= 0.6 is 0 Å². The molecule has 4 heterocycles. The van der Waals surface area contributed by atoms with Crippen molar-refractivity contribution in [3.8, 4) is 28.3 Å². The Labute approximate surface area is 315 Å². The number of rotatable bonds is 2. The molecule has 0 atom stereocenters. The topological polar surface area (TPSA) is 35.1 Å². The summed E-state index contributed by atoms with van der Waals surface area (Å²) in [5.41, 5.74) is 13.9. The van der Waals surface area contributed by atoms with Gasteiger partial charge in [0.15, 0.2) is 0 Å². The minimum Gasteiger partial charge on any atom is -0.308 e. The van der Waals surface area contributed by atoms with Gasteiger partial charge in [-0.05, 0) is 62.7 Å². The predicted octanol–water partition coefficient (Wildman–Crippen LogP) is 13.0. The van der Waals surface area contributed by atoms with Gasteiger partial charge in [-0.2, -0.15) is 0 Å². The molecule has 0 radical (unpaired) electrons. The van der Waals surface area contributed by atoms with E-state index in [4.69, 9.17) is 9.97 Å². The van der Waals surface area contributed by atoms with Crippen molar-refractivity contribution in [3.63, 3.8) is 0 Å². The standard InChI is InChI=1S/C51H32N4/c1-51(2)38-23-10-8-18-32(38)37-28-42-45-44-34(36-22-12-21-35-33-19-9-11-24-40(33)55(48(35)36)49(45)46(37)51)20-13-25-41(44)54(42)50-52-39-27-26-29-14-6-7-17-31(29)43(39)47(53-50)30-15-4-3-5-16-30/h3-28H,1-2H3. The van der Waals surface area contributed by atoms with Crippen molar-refractivity contribution in [3.05, 3.63) is 169 Å². The molecule has 1 aliphatic rings. The Hall–Kier alpha value is -7.04. The summed E-state index contributed by atoms with van der Waals surface area (Å²) in [5.74, 6) is 0.673. The van der Waals surface area contributed by atoms with Gasteiger partial charge in [0, 0.05) is 43.3 Å². The summed E-state index contributed by atoms with van der Waals surface area (Å²) in [4.78, 5) is 11.1. The van der Waals surface area contributed by atoms with E-state index in [-0.39, 0.29) is 5.41 Å². The molecule has 1 aliphatic carbocycles. The molecule has 0 unspecified atom stereocenters. The Balaban J connectivity index is 1.31. The Bertz CT molecular complexity index is 3620. The van der Waals surface area contributed by atoms with Gasteiger partial charge in [0.1, 0.15) is 0 Å². The van der Waals surface area contributed by atoms with E-state index in [1.807, 2.05) is 0 Å². The summed E-state index contributed by atoms with van der Waals surface area (Å²) >= 11 is 0. The zero-order valence-electron chi connectivity index (χ0n) is 30.3. The molecule has 0 N–H and O–H groups in total. The molecule has 4 heteroatoms. The van der Waals surface area contributed by atoms with E-state index in [1.165, 1.54) is 76.5 Å². The van der Waals surface area contributed by atoms with E-state index in [0.717, 1.165) is 38.6 Å². The SMILES string of the molecule is CC1(C)c2ccccc2-c2cc3c4c5c(cccc5n3-c3nc(-c5ccccc5)c5c(ccc6ccccc65)n3)c3cccc5c6ccccc6n(c4c21)c35. The quantitative estimate of drug-likeness (QED) is 0.168. The third kappa shape index (κ3) is 3.57. The highest BCUT2D eigenvalue weighted by Gasteiger charge is 2.39. The van der Waals surface area contributed by atoms with Gasteiger partial charge in [0.25, 0.3) is 0 Å². The molecular weight excluding hydrogens is 669 g/mol. The fourth-order valence-electron chi connectivity index (χ4n) is 10.4. The lowest BCUT2D eigenvalue weighted by Crippen LogP contribution is -2.16. The number of hydrogen-bond donors (Lipinski definition) is 0. The second kappa shape index (κ2) is 10.1. The average Bonchev–Trinajstić information content (AvgIpc) is 3.79. The number of nitrogens with zero attached hydrogens (tertiary/aromatic N) is 4. The molecule has 0 saturated carbocycles. The zero-order chi connectivity index (χ0) is 36.2. The first-order valence-corrected chi connectivity index (χ1v) is 19.1. The van der Waals surface area contributed by atoms with Crippen LogP contribution in [-0.2, 0) is 5.41 Å². The number of benzene rings is 8. The number of para-hydroxylation sites is 2. The smallest absolute Gasteiger partial charge is 0.235 e. The summed E-state index contributed by atoms with van der Waals surface area (Å²) in [6.45, 7) is 4.81. The van der Waals surface area contributed by atoms with Crippen LogP contribution in [0.1, 0.15) is 25.0 Å². The Morgan fingerprint density at radius 2 is 1.16 bits per heavy atom. The number of fused-ring (bicyclic) bond motifs is 12. The second-order valence-corrected chi connectivity index (χ2v) is 15.7. The van der Waals surface area contributed by atoms with Crippen molar-refractivity contribution in [2.75, 3.05) is 0 Å². The molecule has 0 bridgehead atoms. The number of hydrogen-bond acceptors (Lipinski definition) is 2. The van der Waals surface area contributed by atoms with E-state index in [2.05, 4.69) is 181 Å². The lowest BCUT2D eigenvalue weighted by atomic mass is 9.81. The van der Waals surface area contributed by atoms with E-state index >= 15 is 0 Å². The fraction of sp³-hybridized carbons (Fsp3) is 0.0588. The van der Waals surface area contributed by atoms with Crippen LogP contribution in [0.2, 0.25) is 0 Å². The van der Waals surface area contributed by atoms with Crippen molar-refractivity contribution in [2.24, 2.45) is 0 Å². The van der Waals surface area contributed by atoms with Crippen molar-refractivity contribution in [2.45, 2.75) is 19.3 Å². The van der Waals surface area contributed by atoms with Gasteiger partial charge in [-0.1, -0.05) is 147 Å². The minimum absolute atomic E-state index is 0.239. The van der Waals surface area contributed by atoms with Crippen LogP contribution in [0, 0.1) is 0 Å². The Morgan fingerprint density at radius 1 is 0.473 bits per heavy atom. The highest BCUT2D eigenvalue weighted by Crippen LogP contribution is 2.55. The van der Waals surface area contributed by atoms with Crippen molar-refractivity contribution in [1.29, 1.82) is 0 Å². The zero-order valence-corrected chi connectivity index (χ0v) is 30.3. The molecule has 12 aromatic rings. The third-order valence-corrected chi connectivity index (χ3v) is 12.6. The Kier molecular flexibility index (Phi) is 5.42. The number of aromatic nitrogens is 4. The van der Waals surface area contributed by atoms with Gasteiger partial charge < -0.3 is 4.40 Å². The summed E-state index contributed by atoms with van der Waals surface area (Å²) in [7, 11) is 0. The van der Waals surface area contributed by atoms with Gasteiger partial charge in [0.2, 0.25) is 5.95 Å². The molecule has 4 aromatic heterocycles. The maximum atomic E-state index is 5.60. The van der Waals surface area contributed by atoms with E-state index in [9.17, 15) is 0 Å². The molecular formula is C51H32N4. The lowest BCUT2D eigenvalue weighted by molar-refractivity contribution is 0.664. The van der Waals surface area contributed by atoms with Crippen molar-refractivity contribution in [1.82, 2.24) is 18.9 Å². The maximum absolute atomic E-state index is 5.60. The summed E-state index contributed by atoms with van der Waals surface area (Å²) < 4.78 is 4.95. The molecule has 8 aromatic carbocycles. The molecule has 0 aliphatic heterocycles. The van der Waals surface area contributed by atoms with Crippen LogP contribution in [0.15, 0.2) is 158 Å². The van der Waals surface area contributed by atoms with E-state index in [0.29, 0.717) is 5.95 Å². The first-order valence-electron chi connectivity index (χ1n) is 19.1. The monoisotopic (exact) mass is 700 g/mol. The first kappa shape index (κ1) is 29.4. The second-order valence-electron chi connectivity index (χ2n) is 15.7. The summed E-state index contributed by atoms with van der Waals surface area (Å²) in [6, 6.07) is 57.5. The molecule has 4 nitrogen and oxygen atoms in total. The normalized spacial score (nSPS) is 13.8. The highest BCUT2D eigenvalue weighted by molar-refractivity contribution is 6.32. The summed E-state index contributed by atoms with van der Waals surface area (Å²) in [6.07, 6.45) is 0. The van der Waals surface area contributed by atoms with E-state index < -0.39 is 0 Å². The average molecular weight is 701 g/mol. The predicted molar refractivity (Wildman–Crippen MR) is 229 cm³/mol. The molecule has 0 spiro atoms. The molecule has 256 valence electrons. The fourth-order valence-corrected chi connectivity index (χ4v) is 10.4. The first-order chi connectivity index (χ1) is 27.1. The molecule has 0 saturated heterocycles. The lowest BCUT2D eigenvalue weighted by Gasteiger charge is -2.23. The third-order valence-electron chi connectivity index (χ3n) is 12.6. The molecule has 13 rings (SSSR count).